The molecular formula is C24H20N2O6. The van der Waals surface area contributed by atoms with Crippen LogP contribution in [0.5, 0.6) is 5.75 Å². The molecule has 0 aliphatic rings. The van der Waals surface area contributed by atoms with Crippen LogP contribution < -0.4 is 16.2 Å². The smallest absolute Gasteiger partial charge is 0.440 e. The summed E-state index contributed by atoms with van der Waals surface area (Å²) in [7, 11) is 1.36. The minimum absolute atomic E-state index is 0.147. The number of ether oxygens (including phenoxy) is 2. The molecule has 8 heteroatoms. The number of nitrogens with one attached hydrogen (secondary N) is 1. The van der Waals surface area contributed by atoms with Crippen LogP contribution in [0.25, 0.3) is 11.1 Å². The van der Waals surface area contributed by atoms with E-state index in [2.05, 4.69) is 0 Å². The Balaban J connectivity index is 1.40. The highest BCUT2D eigenvalue weighted by atomic mass is 16.5. The molecular weight excluding hydrogens is 412 g/mol. The molecule has 0 aliphatic heterocycles. The number of carbonyl (C=O) groups excluding carboxylic acids is 1. The second-order valence-corrected chi connectivity index (χ2v) is 7.05. The maximum Gasteiger partial charge on any atom is 0.440 e. The van der Waals surface area contributed by atoms with Gasteiger partial charge in [0.1, 0.15) is 12.4 Å². The van der Waals surface area contributed by atoms with Gasteiger partial charge in [0.25, 0.3) is 0 Å². The molecule has 4 rings (SSSR count). The summed E-state index contributed by atoms with van der Waals surface area (Å²) in [4.78, 5) is 36.2. The van der Waals surface area contributed by atoms with E-state index in [1.54, 1.807) is 36.4 Å². The van der Waals surface area contributed by atoms with Gasteiger partial charge in [-0.2, -0.15) is 0 Å². The summed E-state index contributed by atoms with van der Waals surface area (Å²) in [6.45, 7) is 0.522. The van der Waals surface area contributed by atoms with E-state index in [9.17, 15) is 14.4 Å². The van der Waals surface area contributed by atoms with Crippen LogP contribution in [0.4, 0.5) is 0 Å². The number of hydrogen-bond donors (Lipinski definition) is 1. The third kappa shape index (κ3) is 4.86. The van der Waals surface area contributed by atoms with E-state index in [1.807, 2.05) is 41.4 Å². The second-order valence-electron chi connectivity index (χ2n) is 7.05. The fraction of sp³-hybridized carbons (Fsp3) is 0.125. The standard InChI is InChI=1S/C24H20N2O6/c1-30-22(27)19-9-7-18(8-10-19)20-4-2-3-17(13-20)15-31-21-11-5-16(6-12-21)14-26-23(28)25-24(29)32-26/h2-13H,14-15H2,1H3,(H,25,28,29). The first-order chi connectivity index (χ1) is 15.5. The van der Waals surface area contributed by atoms with Crippen molar-refractivity contribution in [3.8, 4) is 16.9 Å². The zero-order valence-corrected chi connectivity index (χ0v) is 17.2. The summed E-state index contributed by atoms with van der Waals surface area (Å²) >= 11 is 0. The fourth-order valence-corrected chi connectivity index (χ4v) is 3.20. The van der Waals surface area contributed by atoms with Gasteiger partial charge in [0.05, 0.1) is 19.2 Å². The molecule has 0 amide bonds. The topological polar surface area (TPSA) is 104 Å². The Morgan fingerprint density at radius 2 is 1.69 bits per heavy atom. The fourth-order valence-electron chi connectivity index (χ4n) is 3.20. The largest absolute Gasteiger partial charge is 0.489 e. The Morgan fingerprint density at radius 1 is 0.938 bits per heavy atom. The Bertz CT molecular complexity index is 1330. The first kappa shape index (κ1) is 20.9. The molecule has 3 aromatic carbocycles. The van der Waals surface area contributed by atoms with Gasteiger partial charge in [-0.1, -0.05) is 42.5 Å². The Kier molecular flexibility index (Phi) is 6.03. The molecule has 0 unspecified atom stereocenters. The van der Waals surface area contributed by atoms with Crippen LogP contribution in [-0.4, -0.2) is 22.8 Å². The van der Waals surface area contributed by atoms with Gasteiger partial charge in [-0.3, -0.25) is 0 Å². The molecule has 0 aliphatic carbocycles. The second kappa shape index (κ2) is 9.22. The van der Waals surface area contributed by atoms with E-state index in [1.165, 1.54) is 7.11 Å². The zero-order chi connectivity index (χ0) is 22.5. The maximum atomic E-state index is 11.6. The van der Waals surface area contributed by atoms with Crippen LogP contribution in [0.1, 0.15) is 21.5 Å². The monoisotopic (exact) mass is 432 g/mol. The number of benzene rings is 3. The predicted octanol–water partition coefficient (Wildman–Crippen LogP) is 3.21. The summed E-state index contributed by atoms with van der Waals surface area (Å²) in [6.07, 6.45) is 0. The van der Waals surface area contributed by atoms with Crippen LogP contribution in [0, 0.1) is 0 Å². The molecule has 1 aromatic heterocycles. The lowest BCUT2D eigenvalue weighted by molar-refractivity contribution is 0.0600. The van der Waals surface area contributed by atoms with E-state index in [4.69, 9.17) is 14.0 Å². The number of rotatable bonds is 7. The first-order valence-electron chi connectivity index (χ1n) is 9.82. The molecule has 0 atom stereocenters. The molecule has 32 heavy (non-hydrogen) atoms. The minimum Gasteiger partial charge on any atom is -0.489 e. The third-order valence-electron chi connectivity index (χ3n) is 4.85. The first-order valence-corrected chi connectivity index (χ1v) is 9.82. The van der Waals surface area contributed by atoms with Crippen molar-refractivity contribution in [3.05, 3.63) is 111 Å². The van der Waals surface area contributed by atoms with Gasteiger partial charge in [0.2, 0.25) is 0 Å². The molecule has 0 saturated heterocycles. The van der Waals surface area contributed by atoms with Crippen molar-refractivity contribution in [2.75, 3.05) is 7.11 Å². The molecule has 0 fully saturated rings. The van der Waals surface area contributed by atoms with Gasteiger partial charge in [-0.25, -0.2) is 19.4 Å². The minimum atomic E-state index is -0.781. The van der Waals surface area contributed by atoms with Crippen LogP contribution in [0.3, 0.4) is 0 Å². The predicted molar refractivity (Wildman–Crippen MR) is 117 cm³/mol. The molecule has 8 nitrogen and oxygen atoms in total. The number of hydrogen-bond acceptors (Lipinski definition) is 6. The van der Waals surface area contributed by atoms with E-state index in [0.717, 1.165) is 27.0 Å². The van der Waals surface area contributed by atoms with Crippen molar-refractivity contribution in [3.63, 3.8) is 0 Å². The quantitative estimate of drug-likeness (QED) is 0.450. The Hall–Kier alpha value is -4.33. The van der Waals surface area contributed by atoms with E-state index in [0.29, 0.717) is 17.9 Å². The number of nitrogens with zero attached hydrogens (tertiary/aromatic N) is 1. The number of aromatic amines is 1. The van der Waals surface area contributed by atoms with Crippen molar-refractivity contribution < 1.29 is 18.8 Å². The third-order valence-corrected chi connectivity index (χ3v) is 4.85. The SMILES string of the molecule is COC(=O)c1ccc(-c2cccc(COc3ccc(Cn4oc(=O)[nH]c4=O)cc3)c2)cc1. The van der Waals surface area contributed by atoms with Crippen molar-refractivity contribution in [2.45, 2.75) is 13.2 Å². The summed E-state index contributed by atoms with van der Waals surface area (Å²) in [5.41, 5.74) is 3.69. The number of carbonyl (C=O) groups is 1. The van der Waals surface area contributed by atoms with Gasteiger partial charge >= 0.3 is 17.4 Å². The van der Waals surface area contributed by atoms with Crippen molar-refractivity contribution in [1.29, 1.82) is 0 Å². The van der Waals surface area contributed by atoms with Gasteiger partial charge in [-0.05, 0) is 52.6 Å². The lowest BCUT2D eigenvalue weighted by atomic mass is 10.0. The maximum absolute atomic E-state index is 11.6. The lowest BCUT2D eigenvalue weighted by Gasteiger charge is -2.09. The number of esters is 1. The molecule has 4 aromatic rings. The van der Waals surface area contributed by atoms with Crippen molar-refractivity contribution in [2.24, 2.45) is 0 Å². The Labute approximate surface area is 182 Å². The van der Waals surface area contributed by atoms with Crippen molar-refractivity contribution in [1.82, 2.24) is 9.72 Å². The van der Waals surface area contributed by atoms with Crippen molar-refractivity contribution >= 4 is 5.97 Å². The van der Waals surface area contributed by atoms with E-state index in [-0.39, 0.29) is 12.5 Å². The van der Waals surface area contributed by atoms with Crippen LogP contribution in [0.15, 0.2) is 86.9 Å². The van der Waals surface area contributed by atoms with Crippen LogP contribution in [0.2, 0.25) is 0 Å². The summed E-state index contributed by atoms with van der Waals surface area (Å²) in [5, 5.41) is 0. The van der Waals surface area contributed by atoms with E-state index >= 15 is 0 Å². The lowest BCUT2D eigenvalue weighted by Crippen LogP contribution is -2.17. The molecule has 0 saturated carbocycles. The molecule has 0 bridgehead atoms. The number of methoxy groups -OCH3 is 1. The van der Waals surface area contributed by atoms with Crippen LogP contribution >= 0.6 is 0 Å². The average molecular weight is 432 g/mol. The average Bonchev–Trinajstić information content (AvgIpc) is 3.14. The summed E-state index contributed by atoms with van der Waals surface area (Å²) < 4.78 is 16.3. The zero-order valence-electron chi connectivity index (χ0n) is 17.2. The normalized spacial score (nSPS) is 10.7. The Morgan fingerprint density at radius 3 is 2.34 bits per heavy atom. The van der Waals surface area contributed by atoms with E-state index < -0.39 is 11.4 Å². The molecule has 0 spiro atoms. The van der Waals surface area contributed by atoms with Crippen LogP contribution in [-0.2, 0) is 17.9 Å². The summed E-state index contributed by atoms with van der Waals surface area (Å²) in [6, 6.07) is 22.4. The molecule has 1 N–H and O–H groups in total. The highest BCUT2D eigenvalue weighted by Crippen LogP contribution is 2.22. The van der Waals surface area contributed by atoms with Gasteiger partial charge in [-0.15, -0.1) is 4.74 Å². The molecule has 0 radical (unpaired) electrons. The molecule has 1 heterocycles. The van der Waals surface area contributed by atoms with Gasteiger partial charge < -0.3 is 14.0 Å². The summed E-state index contributed by atoms with van der Waals surface area (Å²) in [5.74, 6) is -0.476. The molecule has 162 valence electrons. The highest BCUT2D eigenvalue weighted by Gasteiger charge is 2.07. The number of aromatic nitrogens is 2. The number of H-pyrrole nitrogens is 1. The highest BCUT2D eigenvalue weighted by molar-refractivity contribution is 5.89. The van der Waals surface area contributed by atoms with Gasteiger partial charge in [0.15, 0.2) is 0 Å². The van der Waals surface area contributed by atoms with Gasteiger partial charge in [0, 0.05) is 0 Å².